The molecule has 0 atom stereocenters. The van der Waals surface area contributed by atoms with Gasteiger partial charge in [0.15, 0.2) is 0 Å². The summed E-state index contributed by atoms with van der Waals surface area (Å²) >= 11 is 0. The Kier molecular flexibility index (Phi) is 4.45. The zero-order valence-corrected chi connectivity index (χ0v) is 11.8. The first-order valence-corrected chi connectivity index (χ1v) is 6.73. The average molecular weight is 270 g/mol. The van der Waals surface area contributed by atoms with Gasteiger partial charge in [0.1, 0.15) is 5.82 Å². The molecule has 0 amide bonds. The lowest BCUT2D eigenvalue weighted by molar-refractivity contribution is 0.0694. The van der Waals surface area contributed by atoms with Crippen molar-refractivity contribution in [1.82, 2.24) is 9.97 Å². The first-order chi connectivity index (χ1) is 9.60. The molecule has 0 saturated carbocycles. The molecule has 4 heteroatoms. The standard InChI is InChI=1S/C16H18N2O2/c1-3-4-14-13(16(19)20)10-17-15(18-14)9-12-7-5-11(2)6-8-12/h5-8,10H,3-4,9H2,1-2H3,(H,19,20). The Hall–Kier alpha value is -2.23. The van der Waals surface area contributed by atoms with Crippen LogP contribution in [0.25, 0.3) is 0 Å². The van der Waals surface area contributed by atoms with Gasteiger partial charge in [-0.15, -0.1) is 0 Å². The molecule has 0 aliphatic rings. The Morgan fingerprint density at radius 3 is 2.55 bits per heavy atom. The maximum Gasteiger partial charge on any atom is 0.339 e. The largest absolute Gasteiger partial charge is 0.478 e. The van der Waals surface area contributed by atoms with Gasteiger partial charge in [-0.25, -0.2) is 14.8 Å². The molecular formula is C16H18N2O2. The van der Waals surface area contributed by atoms with E-state index in [1.165, 1.54) is 11.8 Å². The van der Waals surface area contributed by atoms with Gasteiger partial charge in [-0.2, -0.15) is 0 Å². The molecule has 0 radical (unpaired) electrons. The predicted molar refractivity (Wildman–Crippen MR) is 77.0 cm³/mol. The third-order valence-corrected chi connectivity index (χ3v) is 3.12. The lowest BCUT2D eigenvalue weighted by Gasteiger charge is -2.07. The second kappa shape index (κ2) is 6.28. The molecule has 1 aromatic carbocycles. The molecule has 0 spiro atoms. The minimum atomic E-state index is -0.963. The van der Waals surface area contributed by atoms with Crippen LogP contribution in [0.4, 0.5) is 0 Å². The summed E-state index contributed by atoms with van der Waals surface area (Å²) < 4.78 is 0. The summed E-state index contributed by atoms with van der Waals surface area (Å²) in [4.78, 5) is 19.7. The normalized spacial score (nSPS) is 10.5. The van der Waals surface area contributed by atoms with Crippen LogP contribution >= 0.6 is 0 Å². The van der Waals surface area contributed by atoms with E-state index in [9.17, 15) is 4.79 Å². The molecule has 1 N–H and O–H groups in total. The second-order valence-electron chi connectivity index (χ2n) is 4.86. The fraction of sp³-hybridized carbons (Fsp3) is 0.312. The molecule has 1 aromatic heterocycles. The van der Waals surface area contributed by atoms with Gasteiger partial charge in [0.2, 0.25) is 0 Å². The van der Waals surface area contributed by atoms with Gasteiger partial charge in [-0.3, -0.25) is 0 Å². The highest BCUT2D eigenvalue weighted by Crippen LogP contribution is 2.12. The number of rotatable bonds is 5. The van der Waals surface area contributed by atoms with Crippen LogP contribution in [0.1, 0.15) is 46.3 Å². The minimum absolute atomic E-state index is 0.208. The number of hydrogen-bond donors (Lipinski definition) is 1. The molecule has 0 bridgehead atoms. The third-order valence-electron chi connectivity index (χ3n) is 3.12. The van der Waals surface area contributed by atoms with E-state index in [0.29, 0.717) is 24.4 Å². The van der Waals surface area contributed by atoms with E-state index in [1.807, 2.05) is 38.1 Å². The summed E-state index contributed by atoms with van der Waals surface area (Å²) in [7, 11) is 0. The Bertz CT molecular complexity index is 606. The molecule has 0 unspecified atom stereocenters. The van der Waals surface area contributed by atoms with Crippen molar-refractivity contribution in [3.8, 4) is 0 Å². The van der Waals surface area contributed by atoms with Crippen LogP contribution in [0, 0.1) is 6.92 Å². The average Bonchev–Trinajstić information content (AvgIpc) is 2.42. The summed E-state index contributed by atoms with van der Waals surface area (Å²) in [5.41, 5.74) is 3.17. The monoisotopic (exact) mass is 270 g/mol. The number of hydrogen-bond acceptors (Lipinski definition) is 3. The summed E-state index contributed by atoms with van der Waals surface area (Å²) in [6, 6.07) is 8.19. The van der Waals surface area contributed by atoms with Crippen LogP contribution in [0.15, 0.2) is 30.5 Å². The van der Waals surface area contributed by atoms with Crippen molar-refractivity contribution in [2.75, 3.05) is 0 Å². The topological polar surface area (TPSA) is 63.1 Å². The van der Waals surface area contributed by atoms with E-state index < -0.39 is 5.97 Å². The van der Waals surface area contributed by atoms with Gasteiger partial charge >= 0.3 is 5.97 Å². The molecular weight excluding hydrogens is 252 g/mol. The fourth-order valence-electron chi connectivity index (χ4n) is 2.04. The molecule has 2 rings (SSSR count). The van der Waals surface area contributed by atoms with Crippen LogP contribution in [-0.2, 0) is 12.8 Å². The number of aromatic carboxylic acids is 1. The molecule has 2 aromatic rings. The first kappa shape index (κ1) is 14.2. The smallest absolute Gasteiger partial charge is 0.339 e. The van der Waals surface area contributed by atoms with Gasteiger partial charge in [0.05, 0.1) is 11.3 Å². The first-order valence-electron chi connectivity index (χ1n) is 6.73. The Labute approximate surface area is 118 Å². The maximum atomic E-state index is 11.1. The lowest BCUT2D eigenvalue weighted by atomic mass is 10.1. The molecule has 1 heterocycles. The molecule has 104 valence electrons. The summed E-state index contributed by atoms with van der Waals surface area (Å²) in [6.45, 7) is 4.05. The summed E-state index contributed by atoms with van der Waals surface area (Å²) in [5, 5.41) is 9.12. The zero-order valence-electron chi connectivity index (χ0n) is 11.8. The number of carbonyl (C=O) groups is 1. The SMILES string of the molecule is CCCc1nc(Cc2ccc(C)cc2)ncc1C(=O)O. The van der Waals surface area contributed by atoms with Crippen molar-refractivity contribution in [2.24, 2.45) is 0 Å². The highest BCUT2D eigenvalue weighted by molar-refractivity contribution is 5.88. The van der Waals surface area contributed by atoms with Gasteiger partial charge in [0, 0.05) is 12.6 Å². The van der Waals surface area contributed by atoms with Gasteiger partial charge < -0.3 is 5.11 Å². The van der Waals surface area contributed by atoms with Crippen molar-refractivity contribution in [2.45, 2.75) is 33.1 Å². The van der Waals surface area contributed by atoms with Crippen molar-refractivity contribution in [3.63, 3.8) is 0 Å². The van der Waals surface area contributed by atoms with Gasteiger partial charge in [-0.1, -0.05) is 43.2 Å². The second-order valence-corrected chi connectivity index (χ2v) is 4.86. The molecule has 20 heavy (non-hydrogen) atoms. The van der Waals surface area contributed by atoms with E-state index in [-0.39, 0.29) is 5.56 Å². The number of benzene rings is 1. The minimum Gasteiger partial charge on any atom is -0.478 e. The van der Waals surface area contributed by atoms with Crippen molar-refractivity contribution < 1.29 is 9.90 Å². The molecule has 0 aliphatic carbocycles. The van der Waals surface area contributed by atoms with E-state index >= 15 is 0 Å². The molecule has 0 aliphatic heterocycles. The number of carboxylic acid groups (broad SMARTS) is 1. The molecule has 0 fully saturated rings. The quantitative estimate of drug-likeness (QED) is 0.907. The summed E-state index contributed by atoms with van der Waals surface area (Å²) in [6.07, 6.45) is 3.56. The molecule has 0 saturated heterocycles. The van der Waals surface area contributed by atoms with Crippen LogP contribution in [-0.4, -0.2) is 21.0 Å². The number of nitrogens with zero attached hydrogens (tertiary/aromatic N) is 2. The van der Waals surface area contributed by atoms with Gasteiger partial charge in [-0.05, 0) is 18.9 Å². The van der Waals surface area contributed by atoms with Crippen molar-refractivity contribution in [1.29, 1.82) is 0 Å². The zero-order chi connectivity index (χ0) is 14.5. The van der Waals surface area contributed by atoms with Crippen LogP contribution in [0.2, 0.25) is 0 Å². The van der Waals surface area contributed by atoms with E-state index in [2.05, 4.69) is 9.97 Å². The van der Waals surface area contributed by atoms with E-state index in [0.717, 1.165) is 12.0 Å². The Morgan fingerprint density at radius 2 is 1.95 bits per heavy atom. The van der Waals surface area contributed by atoms with E-state index in [1.54, 1.807) is 0 Å². The Morgan fingerprint density at radius 1 is 1.25 bits per heavy atom. The number of aromatic nitrogens is 2. The molecule has 4 nitrogen and oxygen atoms in total. The maximum absolute atomic E-state index is 11.1. The van der Waals surface area contributed by atoms with Crippen molar-refractivity contribution in [3.05, 3.63) is 58.7 Å². The lowest BCUT2D eigenvalue weighted by Crippen LogP contribution is -2.09. The predicted octanol–water partition coefficient (Wildman–Crippen LogP) is 3.03. The van der Waals surface area contributed by atoms with Gasteiger partial charge in [0.25, 0.3) is 0 Å². The summed E-state index contributed by atoms with van der Waals surface area (Å²) in [5.74, 6) is -0.294. The third kappa shape index (κ3) is 3.41. The van der Waals surface area contributed by atoms with Crippen LogP contribution in [0.3, 0.4) is 0 Å². The number of carboxylic acids is 1. The van der Waals surface area contributed by atoms with Crippen LogP contribution in [0.5, 0.6) is 0 Å². The number of aryl methyl sites for hydroxylation is 2. The van der Waals surface area contributed by atoms with E-state index in [4.69, 9.17) is 5.11 Å². The Balaban J connectivity index is 2.26. The fourth-order valence-corrected chi connectivity index (χ4v) is 2.04. The highest BCUT2D eigenvalue weighted by atomic mass is 16.4. The van der Waals surface area contributed by atoms with Crippen LogP contribution < -0.4 is 0 Å². The van der Waals surface area contributed by atoms with Crippen molar-refractivity contribution >= 4 is 5.97 Å². The highest BCUT2D eigenvalue weighted by Gasteiger charge is 2.13.